The molecule has 0 unspecified atom stereocenters. The fourth-order valence-corrected chi connectivity index (χ4v) is 3.67. The number of aryl methyl sites for hydroxylation is 1. The smallest absolute Gasteiger partial charge is 0.238 e. The lowest BCUT2D eigenvalue weighted by Crippen LogP contribution is -2.13. The molecule has 2 heterocycles. The maximum Gasteiger partial charge on any atom is 0.238 e. The first-order chi connectivity index (χ1) is 13.8. The van der Waals surface area contributed by atoms with Crippen LogP contribution in [0.15, 0.2) is 65.8 Å². The Kier molecular flexibility index (Phi) is 4.73. The number of para-hydroxylation sites is 1. The quantitative estimate of drug-likeness (QED) is 0.536. The van der Waals surface area contributed by atoms with Crippen molar-refractivity contribution in [1.82, 2.24) is 15.0 Å². The normalized spacial score (nSPS) is 11.6. The summed E-state index contributed by atoms with van der Waals surface area (Å²) in [6.07, 6.45) is 3.39. The summed E-state index contributed by atoms with van der Waals surface area (Å²) in [6.45, 7) is 3.75. The highest BCUT2D eigenvalue weighted by Gasteiger charge is 2.15. The van der Waals surface area contributed by atoms with Crippen molar-refractivity contribution in [3.63, 3.8) is 0 Å². The second-order valence-electron chi connectivity index (χ2n) is 6.74. The van der Waals surface area contributed by atoms with E-state index < -0.39 is 10.0 Å². The van der Waals surface area contributed by atoms with Gasteiger partial charge in [0, 0.05) is 29.0 Å². The highest BCUT2D eigenvalue weighted by Crippen LogP contribution is 2.30. The molecule has 0 radical (unpaired) electrons. The minimum atomic E-state index is -3.83. The number of nitrogens with two attached hydrogens (primary N) is 1. The first-order valence-electron chi connectivity index (χ1n) is 8.91. The van der Waals surface area contributed by atoms with Crippen molar-refractivity contribution in [2.45, 2.75) is 18.7 Å². The molecule has 4 aromatic rings. The molecule has 7 nitrogen and oxygen atoms in total. The van der Waals surface area contributed by atoms with Crippen LogP contribution in [0.3, 0.4) is 0 Å². The molecule has 0 aliphatic rings. The Balaban J connectivity index is 1.90. The molecule has 29 heavy (non-hydrogen) atoms. The lowest BCUT2D eigenvalue weighted by Gasteiger charge is -2.15. The maximum atomic E-state index is 11.9. The summed E-state index contributed by atoms with van der Waals surface area (Å²) < 4.78 is 23.7. The Labute approximate surface area is 168 Å². The van der Waals surface area contributed by atoms with E-state index in [1.807, 2.05) is 50.2 Å². The average Bonchev–Trinajstić information content (AvgIpc) is 2.71. The van der Waals surface area contributed by atoms with Crippen LogP contribution in [0, 0.1) is 13.8 Å². The third-order valence-electron chi connectivity index (χ3n) is 4.75. The van der Waals surface area contributed by atoms with E-state index in [-0.39, 0.29) is 4.90 Å². The predicted molar refractivity (Wildman–Crippen MR) is 113 cm³/mol. The number of fused-ring (bicyclic) bond motifs is 1. The van der Waals surface area contributed by atoms with Crippen molar-refractivity contribution in [2.24, 2.45) is 5.14 Å². The number of benzene rings is 2. The van der Waals surface area contributed by atoms with Gasteiger partial charge in [0.15, 0.2) is 5.82 Å². The Morgan fingerprint density at radius 1 is 1.00 bits per heavy atom. The molecule has 0 saturated heterocycles. The van der Waals surface area contributed by atoms with E-state index in [9.17, 15) is 8.42 Å². The van der Waals surface area contributed by atoms with E-state index in [4.69, 9.17) is 5.14 Å². The predicted octanol–water partition coefficient (Wildman–Crippen LogP) is 3.70. The van der Waals surface area contributed by atoms with Gasteiger partial charge in [-0.3, -0.25) is 4.98 Å². The van der Waals surface area contributed by atoms with Gasteiger partial charge in [-0.25, -0.2) is 23.5 Å². The van der Waals surface area contributed by atoms with Crippen LogP contribution in [0.25, 0.3) is 22.3 Å². The van der Waals surface area contributed by atoms with Crippen LogP contribution in [-0.4, -0.2) is 23.4 Å². The first kappa shape index (κ1) is 19.0. The summed E-state index contributed by atoms with van der Waals surface area (Å²) in [6, 6.07) is 14.4. The van der Waals surface area contributed by atoms with Crippen LogP contribution in [0.1, 0.15) is 11.1 Å². The van der Waals surface area contributed by atoms with Crippen LogP contribution in [-0.2, 0) is 10.0 Å². The molecule has 0 amide bonds. The highest BCUT2D eigenvalue weighted by atomic mass is 32.2. The standard InChI is InChI=1S/C21H19N5O2S/c1-13-10-16(29(22,27)28)11-19(14(13)2)25-21-17-7-3-4-8-18(17)24-20(26-21)15-6-5-9-23-12-15/h3-12H,1-2H3,(H2,22,27,28)(H,24,25,26). The summed E-state index contributed by atoms with van der Waals surface area (Å²) in [5, 5.41) is 9.45. The summed E-state index contributed by atoms with van der Waals surface area (Å²) in [4.78, 5) is 13.5. The van der Waals surface area contributed by atoms with Gasteiger partial charge in [-0.05, 0) is 61.4 Å². The first-order valence-corrected chi connectivity index (χ1v) is 10.5. The van der Waals surface area contributed by atoms with Gasteiger partial charge in [-0.1, -0.05) is 12.1 Å². The van der Waals surface area contributed by atoms with E-state index in [1.54, 1.807) is 18.5 Å². The third-order valence-corrected chi connectivity index (χ3v) is 5.64. The molecule has 0 bridgehead atoms. The zero-order valence-corrected chi connectivity index (χ0v) is 16.7. The molecule has 3 N–H and O–H groups in total. The van der Waals surface area contributed by atoms with Crippen LogP contribution >= 0.6 is 0 Å². The molecular weight excluding hydrogens is 386 g/mol. The Bertz CT molecular complexity index is 1320. The average molecular weight is 405 g/mol. The molecule has 0 atom stereocenters. The van der Waals surface area contributed by atoms with Gasteiger partial charge in [0.05, 0.1) is 10.4 Å². The van der Waals surface area contributed by atoms with E-state index in [2.05, 4.69) is 20.3 Å². The number of aromatic nitrogens is 3. The minimum Gasteiger partial charge on any atom is -0.339 e. The monoisotopic (exact) mass is 405 g/mol. The molecule has 0 aliphatic heterocycles. The number of hydrogen-bond acceptors (Lipinski definition) is 6. The van der Waals surface area contributed by atoms with Gasteiger partial charge in [0.2, 0.25) is 10.0 Å². The summed E-state index contributed by atoms with van der Waals surface area (Å²) in [7, 11) is -3.83. The van der Waals surface area contributed by atoms with Crippen LogP contribution in [0.5, 0.6) is 0 Å². The number of sulfonamides is 1. The van der Waals surface area contributed by atoms with Gasteiger partial charge in [-0.2, -0.15) is 0 Å². The molecule has 0 spiro atoms. The molecule has 0 saturated carbocycles. The SMILES string of the molecule is Cc1cc(S(N)(=O)=O)cc(Nc2nc(-c3cccnc3)nc3ccccc23)c1C. The topological polar surface area (TPSA) is 111 Å². The van der Waals surface area contributed by atoms with E-state index in [1.165, 1.54) is 6.07 Å². The van der Waals surface area contributed by atoms with Gasteiger partial charge in [-0.15, -0.1) is 0 Å². The van der Waals surface area contributed by atoms with Crippen LogP contribution in [0.2, 0.25) is 0 Å². The van der Waals surface area contributed by atoms with Crippen molar-refractivity contribution in [3.8, 4) is 11.4 Å². The second-order valence-corrected chi connectivity index (χ2v) is 8.30. The number of hydrogen-bond donors (Lipinski definition) is 2. The third kappa shape index (κ3) is 3.80. The van der Waals surface area contributed by atoms with Crippen LogP contribution in [0.4, 0.5) is 11.5 Å². The number of rotatable bonds is 4. The molecule has 2 aromatic carbocycles. The van der Waals surface area contributed by atoms with Crippen molar-refractivity contribution < 1.29 is 8.42 Å². The zero-order valence-electron chi connectivity index (χ0n) is 15.9. The van der Waals surface area contributed by atoms with E-state index >= 15 is 0 Å². The number of pyridine rings is 1. The van der Waals surface area contributed by atoms with Crippen molar-refractivity contribution in [3.05, 3.63) is 72.1 Å². The molecule has 0 aliphatic carbocycles. The lowest BCUT2D eigenvalue weighted by molar-refractivity contribution is 0.597. The molecule has 0 fully saturated rings. The summed E-state index contributed by atoms with van der Waals surface area (Å²) in [5.74, 6) is 1.10. The Morgan fingerprint density at radius 2 is 1.79 bits per heavy atom. The van der Waals surface area contributed by atoms with Crippen molar-refractivity contribution in [2.75, 3.05) is 5.32 Å². The number of primary sulfonamides is 1. The number of nitrogens with zero attached hydrogens (tertiary/aromatic N) is 3. The Hall–Kier alpha value is -3.36. The molecule has 146 valence electrons. The molecule has 4 rings (SSSR count). The van der Waals surface area contributed by atoms with Crippen molar-refractivity contribution in [1.29, 1.82) is 0 Å². The zero-order chi connectivity index (χ0) is 20.6. The molecule has 8 heteroatoms. The summed E-state index contributed by atoms with van der Waals surface area (Å²) in [5.41, 5.74) is 3.89. The largest absolute Gasteiger partial charge is 0.339 e. The minimum absolute atomic E-state index is 0.0499. The number of nitrogens with one attached hydrogen (secondary N) is 1. The summed E-state index contributed by atoms with van der Waals surface area (Å²) >= 11 is 0. The van der Waals surface area contributed by atoms with Gasteiger partial charge in [0.25, 0.3) is 0 Å². The lowest BCUT2D eigenvalue weighted by atomic mass is 10.1. The second kappa shape index (κ2) is 7.23. The van der Waals surface area contributed by atoms with Gasteiger partial charge in [0.1, 0.15) is 5.82 Å². The maximum absolute atomic E-state index is 11.9. The molecule has 2 aromatic heterocycles. The Morgan fingerprint density at radius 3 is 2.52 bits per heavy atom. The number of anilines is 2. The fourth-order valence-electron chi connectivity index (χ4n) is 3.04. The van der Waals surface area contributed by atoms with E-state index in [0.29, 0.717) is 17.3 Å². The van der Waals surface area contributed by atoms with E-state index in [0.717, 1.165) is 27.6 Å². The molecular formula is C21H19N5O2S. The van der Waals surface area contributed by atoms with Crippen LogP contribution < -0.4 is 10.5 Å². The van der Waals surface area contributed by atoms with Gasteiger partial charge >= 0.3 is 0 Å². The fraction of sp³-hybridized carbons (Fsp3) is 0.0952. The highest BCUT2D eigenvalue weighted by molar-refractivity contribution is 7.89. The van der Waals surface area contributed by atoms with Gasteiger partial charge < -0.3 is 5.32 Å². The van der Waals surface area contributed by atoms with Crippen molar-refractivity contribution >= 4 is 32.4 Å².